The SMILES string of the molecule is NC1=CC=C(SSC2=CC=C(I)CC2)CC1. The van der Waals surface area contributed by atoms with Gasteiger partial charge in [-0.2, -0.15) is 0 Å². The number of nitrogens with two attached hydrogens (primary N) is 1. The van der Waals surface area contributed by atoms with E-state index in [4.69, 9.17) is 5.73 Å². The maximum Gasteiger partial charge on any atom is 0.00842 e. The summed E-state index contributed by atoms with van der Waals surface area (Å²) < 4.78 is 1.46. The lowest BCUT2D eigenvalue weighted by Gasteiger charge is -2.13. The molecule has 2 aliphatic rings. The minimum atomic E-state index is 1.00. The van der Waals surface area contributed by atoms with E-state index in [0.717, 1.165) is 18.5 Å². The molecule has 16 heavy (non-hydrogen) atoms. The Morgan fingerprint density at radius 2 is 1.50 bits per heavy atom. The largest absolute Gasteiger partial charge is 0.402 e. The smallest absolute Gasteiger partial charge is 0.00842 e. The lowest BCUT2D eigenvalue weighted by atomic mass is 10.1. The molecular weight excluding hydrogens is 349 g/mol. The van der Waals surface area contributed by atoms with Gasteiger partial charge < -0.3 is 5.73 Å². The Balaban J connectivity index is 1.84. The summed E-state index contributed by atoms with van der Waals surface area (Å²) in [7, 11) is 3.78. The van der Waals surface area contributed by atoms with Crippen molar-refractivity contribution < 1.29 is 0 Å². The van der Waals surface area contributed by atoms with Crippen LogP contribution >= 0.6 is 44.2 Å². The first kappa shape index (κ1) is 12.6. The van der Waals surface area contributed by atoms with Gasteiger partial charge in [0.1, 0.15) is 0 Å². The fourth-order valence-corrected chi connectivity index (χ4v) is 4.23. The van der Waals surface area contributed by atoms with Crippen LogP contribution in [0, 0.1) is 0 Å². The molecule has 86 valence electrons. The van der Waals surface area contributed by atoms with Crippen LogP contribution < -0.4 is 5.73 Å². The number of allylic oxidation sites excluding steroid dienone is 8. The molecule has 0 spiro atoms. The first-order valence-corrected chi connectivity index (χ1v) is 8.52. The summed E-state index contributed by atoms with van der Waals surface area (Å²) in [4.78, 5) is 2.91. The predicted molar refractivity (Wildman–Crippen MR) is 84.2 cm³/mol. The minimum absolute atomic E-state index is 1.00. The first-order chi connectivity index (χ1) is 7.74. The summed E-state index contributed by atoms with van der Waals surface area (Å²) in [5, 5.41) is 0. The van der Waals surface area contributed by atoms with Crippen molar-refractivity contribution >= 4 is 44.2 Å². The highest BCUT2D eigenvalue weighted by atomic mass is 127. The molecule has 0 amide bonds. The molecule has 0 saturated heterocycles. The van der Waals surface area contributed by atoms with Crippen molar-refractivity contribution in [3.63, 3.8) is 0 Å². The Labute approximate surface area is 118 Å². The van der Waals surface area contributed by atoms with E-state index in [-0.39, 0.29) is 0 Å². The maximum absolute atomic E-state index is 5.73. The summed E-state index contributed by atoms with van der Waals surface area (Å²) in [5.41, 5.74) is 6.74. The molecule has 2 N–H and O–H groups in total. The molecule has 0 fully saturated rings. The average Bonchev–Trinajstić information content (AvgIpc) is 2.30. The van der Waals surface area contributed by atoms with Crippen LogP contribution in [0.2, 0.25) is 0 Å². The van der Waals surface area contributed by atoms with Gasteiger partial charge in [-0.05, 0) is 67.7 Å². The Bertz CT molecular complexity index is 356. The van der Waals surface area contributed by atoms with Crippen LogP contribution in [0.15, 0.2) is 43.4 Å². The lowest BCUT2D eigenvalue weighted by Crippen LogP contribution is -1.99. The van der Waals surface area contributed by atoms with Gasteiger partial charge in [0.15, 0.2) is 0 Å². The zero-order valence-corrected chi connectivity index (χ0v) is 12.7. The molecule has 2 rings (SSSR count). The monoisotopic (exact) mass is 363 g/mol. The van der Waals surface area contributed by atoms with E-state index < -0.39 is 0 Å². The molecule has 0 bridgehead atoms. The van der Waals surface area contributed by atoms with E-state index in [1.54, 1.807) is 0 Å². The second-order valence-electron chi connectivity index (χ2n) is 3.79. The zero-order chi connectivity index (χ0) is 11.4. The molecule has 0 radical (unpaired) electrons. The topological polar surface area (TPSA) is 26.0 Å². The fourth-order valence-electron chi connectivity index (χ4n) is 1.47. The molecule has 4 heteroatoms. The minimum Gasteiger partial charge on any atom is -0.402 e. The van der Waals surface area contributed by atoms with Gasteiger partial charge in [-0.15, -0.1) is 0 Å². The second kappa shape index (κ2) is 6.21. The van der Waals surface area contributed by atoms with Crippen molar-refractivity contribution in [1.29, 1.82) is 0 Å². The van der Waals surface area contributed by atoms with Gasteiger partial charge in [0.25, 0.3) is 0 Å². The van der Waals surface area contributed by atoms with Gasteiger partial charge >= 0.3 is 0 Å². The summed E-state index contributed by atoms with van der Waals surface area (Å²) in [6, 6.07) is 0. The van der Waals surface area contributed by atoms with Gasteiger partial charge in [-0.1, -0.05) is 39.8 Å². The third-order valence-electron chi connectivity index (χ3n) is 2.46. The van der Waals surface area contributed by atoms with E-state index >= 15 is 0 Å². The highest BCUT2D eigenvalue weighted by molar-refractivity contribution is 14.1. The third-order valence-corrected chi connectivity index (χ3v) is 6.08. The molecule has 0 aliphatic heterocycles. The van der Waals surface area contributed by atoms with Gasteiger partial charge in [0.2, 0.25) is 0 Å². The average molecular weight is 363 g/mol. The van der Waals surface area contributed by atoms with Gasteiger partial charge in [0.05, 0.1) is 0 Å². The molecule has 0 unspecified atom stereocenters. The Morgan fingerprint density at radius 1 is 0.875 bits per heavy atom. The molecule has 1 nitrogen and oxygen atoms in total. The third kappa shape index (κ3) is 3.89. The molecule has 0 aromatic rings. The van der Waals surface area contributed by atoms with Crippen molar-refractivity contribution in [2.75, 3.05) is 0 Å². The summed E-state index contributed by atoms with van der Waals surface area (Å²) >= 11 is 2.41. The molecule has 0 saturated carbocycles. The number of rotatable bonds is 3. The molecule has 0 aromatic carbocycles. The van der Waals surface area contributed by atoms with Gasteiger partial charge in [0, 0.05) is 5.70 Å². The lowest BCUT2D eigenvalue weighted by molar-refractivity contribution is 0.934. The summed E-state index contributed by atoms with van der Waals surface area (Å²) in [5.74, 6) is 0. The van der Waals surface area contributed by atoms with Crippen LogP contribution in [0.25, 0.3) is 0 Å². The van der Waals surface area contributed by atoms with E-state index in [9.17, 15) is 0 Å². The Hall–Kier alpha value is 0.190. The van der Waals surface area contributed by atoms with E-state index in [2.05, 4.69) is 40.8 Å². The van der Waals surface area contributed by atoms with Crippen LogP contribution in [0.5, 0.6) is 0 Å². The van der Waals surface area contributed by atoms with Crippen LogP contribution in [-0.4, -0.2) is 0 Å². The van der Waals surface area contributed by atoms with E-state index in [0.29, 0.717) is 0 Å². The number of hydrogen-bond donors (Lipinski definition) is 1. The van der Waals surface area contributed by atoms with Crippen molar-refractivity contribution in [3.8, 4) is 0 Å². The van der Waals surface area contributed by atoms with Gasteiger partial charge in [-0.25, -0.2) is 0 Å². The summed E-state index contributed by atoms with van der Waals surface area (Å²) in [6.07, 6.45) is 13.2. The van der Waals surface area contributed by atoms with Crippen LogP contribution in [-0.2, 0) is 0 Å². The second-order valence-corrected chi connectivity index (χ2v) is 7.56. The molecular formula is C12H14INS2. The number of halogens is 1. The van der Waals surface area contributed by atoms with E-state index in [1.807, 2.05) is 27.7 Å². The number of hydrogen-bond acceptors (Lipinski definition) is 3. The molecule has 0 heterocycles. The van der Waals surface area contributed by atoms with Crippen molar-refractivity contribution in [2.45, 2.75) is 25.7 Å². The Kier molecular flexibility index (Phi) is 4.91. The first-order valence-electron chi connectivity index (χ1n) is 5.29. The van der Waals surface area contributed by atoms with Crippen molar-refractivity contribution in [1.82, 2.24) is 0 Å². The van der Waals surface area contributed by atoms with Gasteiger partial charge in [-0.3, -0.25) is 0 Å². The Morgan fingerprint density at radius 3 is 2.00 bits per heavy atom. The zero-order valence-electron chi connectivity index (χ0n) is 8.91. The highest BCUT2D eigenvalue weighted by Crippen LogP contribution is 2.43. The van der Waals surface area contributed by atoms with Crippen LogP contribution in [0.4, 0.5) is 0 Å². The van der Waals surface area contributed by atoms with Crippen LogP contribution in [0.1, 0.15) is 25.7 Å². The quantitative estimate of drug-likeness (QED) is 0.571. The van der Waals surface area contributed by atoms with Crippen LogP contribution in [0.3, 0.4) is 0 Å². The van der Waals surface area contributed by atoms with E-state index in [1.165, 1.54) is 26.2 Å². The summed E-state index contributed by atoms with van der Waals surface area (Å²) in [6.45, 7) is 0. The standard InChI is InChI=1S/C12H14INS2/c13-9-1-5-11(6-2-9)15-16-12-7-3-10(14)4-8-12/h1,3,5,7H,2,4,6,8,14H2. The van der Waals surface area contributed by atoms with Crippen molar-refractivity contribution in [3.05, 3.63) is 43.4 Å². The maximum atomic E-state index is 5.73. The molecule has 0 atom stereocenters. The normalized spacial score (nSPS) is 20.8. The highest BCUT2D eigenvalue weighted by Gasteiger charge is 2.09. The van der Waals surface area contributed by atoms with Crippen molar-refractivity contribution in [2.24, 2.45) is 5.73 Å². The molecule has 0 aromatic heterocycles. The fraction of sp³-hybridized carbons (Fsp3) is 0.333. The predicted octanol–water partition coefficient (Wildman–Crippen LogP) is 4.88. The molecule has 2 aliphatic carbocycles.